The van der Waals surface area contributed by atoms with Crippen molar-refractivity contribution in [2.45, 2.75) is 6.10 Å². The van der Waals surface area contributed by atoms with Gasteiger partial charge >= 0.3 is 5.63 Å². The molecule has 3 rings (SSSR count). The number of amides is 1. The minimum Gasteiger partial charge on any atom is -0.470 e. The first kappa shape index (κ1) is 13.8. The Balaban J connectivity index is 1.58. The van der Waals surface area contributed by atoms with E-state index in [4.69, 9.17) is 4.74 Å². The lowest BCUT2D eigenvalue weighted by Crippen LogP contribution is -2.56. The molecule has 6 nitrogen and oxygen atoms in total. The van der Waals surface area contributed by atoms with Crippen LogP contribution in [0.15, 0.2) is 50.4 Å². The number of pyridine rings is 1. The Morgan fingerprint density at radius 3 is 2.86 bits per heavy atom. The van der Waals surface area contributed by atoms with Crippen molar-refractivity contribution in [2.75, 3.05) is 13.1 Å². The minimum absolute atomic E-state index is 0.0872. The number of carbonyl (C=O) groups is 1. The Morgan fingerprint density at radius 1 is 1.38 bits per heavy atom. The van der Waals surface area contributed by atoms with Crippen LogP contribution in [-0.4, -0.2) is 35.0 Å². The molecule has 0 aliphatic carbocycles. The van der Waals surface area contributed by atoms with E-state index < -0.39 is 5.63 Å². The first-order chi connectivity index (χ1) is 10.1. The van der Waals surface area contributed by atoms with E-state index in [9.17, 15) is 9.59 Å². The Kier molecular flexibility index (Phi) is 3.74. The lowest BCUT2D eigenvalue weighted by Gasteiger charge is -2.38. The van der Waals surface area contributed by atoms with Crippen LogP contribution in [0.25, 0.3) is 0 Å². The molecule has 0 N–H and O–H groups in total. The average molecular weight is 351 g/mol. The van der Waals surface area contributed by atoms with Gasteiger partial charge in [-0.15, -0.1) is 0 Å². The summed E-state index contributed by atoms with van der Waals surface area (Å²) in [6.07, 6.45) is 2.73. The molecule has 0 atom stereocenters. The SMILES string of the molecule is O=C(c1ccc(=O)oc1)N1CC(Oc2ncccc2Br)C1. The van der Waals surface area contributed by atoms with Crippen LogP contribution in [0.1, 0.15) is 10.4 Å². The second kappa shape index (κ2) is 5.69. The van der Waals surface area contributed by atoms with Crippen molar-refractivity contribution in [1.29, 1.82) is 0 Å². The van der Waals surface area contributed by atoms with Crippen molar-refractivity contribution in [2.24, 2.45) is 0 Å². The van der Waals surface area contributed by atoms with Crippen molar-refractivity contribution in [3.05, 3.63) is 57.2 Å². The molecular weight excluding hydrogens is 340 g/mol. The highest BCUT2D eigenvalue weighted by Crippen LogP contribution is 2.24. The van der Waals surface area contributed by atoms with E-state index in [2.05, 4.69) is 25.3 Å². The highest BCUT2D eigenvalue weighted by Gasteiger charge is 2.33. The van der Waals surface area contributed by atoms with Crippen LogP contribution in [0.5, 0.6) is 5.88 Å². The van der Waals surface area contributed by atoms with Crippen LogP contribution < -0.4 is 10.4 Å². The summed E-state index contributed by atoms with van der Waals surface area (Å²) in [7, 11) is 0. The fraction of sp³-hybridized carbons (Fsp3) is 0.214. The average Bonchev–Trinajstić information content (AvgIpc) is 2.44. The van der Waals surface area contributed by atoms with Gasteiger partial charge in [0.2, 0.25) is 5.88 Å². The number of hydrogen-bond acceptors (Lipinski definition) is 5. The van der Waals surface area contributed by atoms with Crippen LogP contribution in [0, 0.1) is 0 Å². The third-order valence-electron chi connectivity index (χ3n) is 3.09. The molecule has 1 aliphatic rings. The Morgan fingerprint density at radius 2 is 2.19 bits per heavy atom. The molecule has 1 saturated heterocycles. The number of hydrogen-bond donors (Lipinski definition) is 0. The maximum Gasteiger partial charge on any atom is 0.335 e. The Labute approximate surface area is 128 Å². The molecule has 0 radical (unpaired) electrons. The standard InChI is InChI=1S/C14H11BrN2O4/c15-11-2-1-5-16-13(11)21-10-6-17(7-10)14(19)9-3-4-12(18)20-8-9/h1-5,8,10H,6-7H2. The highest BCUT2D eigenvalue weighted by molar-refractivity contribution is 9.10. The van der Waals surface area contributed by atoms with Gasteiger partial charge in [0.1, 0.15) is 12.4 Å². The summed E-state index contributed by atoms with van der Waals surface area (Å²) in [6, 6.07) is 6.33. The van der Waals surface area contributed by atoms with E-state index in [1.54, 1.807) is 17.2 Å². The molecule has 1 amide bonds. The Bertz CT molecular complexity index is 704. The monoisotopic (exact) mass is 350 g/mol. The van der Waals surface area contributed by atoms with E-state index in [0.29, 0.717) is 24.5 Å². The number of carbonyl (C=O) groups excluding carboxylic acids is 1. The maximum absolute atomic E-state index is 12.1. The van der Waals surface area contributed by atoms with E-state index in [0.717, 1.165) is 4.47 Å². The van der Waals surface area contributed by atoms with Crippen molar-refractivity contribution in [3.8, 4) is 5.88 Å². The minimum atomic E-state index is -0.476. The van der Waals surface area contributed by atoms with Gasteiger partial charge in [0.15, 0.2) is 0 Å². The van der Waals surface area contributed by atoms with Gasteiger partial charge in [-0.25, -0.2) is 9.78 Å². The summed E-state index contributed by atoms with van der Waals surface area (Å²) in [4.78, 5) is 28.7. The fourth-order valence-corrected chi connectivity index (χ4v) is 2.30. The van der Waals surface area contributed by atoms with Gasteiger partial charge in [-0.3, -0.25) is 4.79 Å². The molecule has 0 saturated carbocycles. The molecule has 2 aromatic rings. The first-order valence-electron chi connectivity index (χ1n) is 6.29. The number of ether oxygens (including phenoxy) is 1. The van der Waals surface area contributed by atoms with E-state index >= 15 is 0 Å². The number of rotatable bonds is 3. The van der Waals surface area contributed by atoms with Crippen LogP contribution in [0.2, 0.25) is 0 Å². The molecule has 3 heterocycles. The quantitative estimate of drug-likeness (QED) is 0.842. The molecule has 1 aliphatic heterocycles. The lowest BCUT2D eigenvalue weighted by molar-refractivity contribution is 0.0155. The van der Waals surface area contributed by atoms with Crippen LogP contribution >= 0.6 is 15.9 Å². The molecule has 0 bridgehead atoms. The number of aromatic nitrogens is 1. The normalized spacial score (nSPS) is 14.6. The summed E-state index contributed by atoms with van der Waals surface area (Å²) >= 11 is 3.36. The lowest BCUT2D eigenvalue weighted by atomic mass is 10.1. The summed E-state index contributed by atoms with van der Waals surface area (Å²) in [5, 5.41) is 0. The predicted octanol–water partition coefficient (Wildman–Crippen LogP) is 1.70. The molecule has 21 heavy (non-hydrogen) atoms. The van der Waals surface area contributed by atoms with E-state index in [-0.39, 0.29) is 12.0 Å². The van der Waals surface area contributed by atoms with Gasteiger partial charge in [-0.1, -0.05) is 0 Å². The molecular formula is C14H11BrN2O4. The smallest absolute Gasteiger partial charge is 0.335 e. The van der Waals surface area contributed by atoms with Crippen LogP contribution in [-0.2, 0) is 0 Å². The van der Waals surface area contributed by atoms with Gasteiger partial charge in [0, 0.05) is 12.3 Å². The summed E-state index contributed by atoms with van der Waals surface area (Å²) < 4.78 is 11.2. The highest BCUT2D eigenvalue weighted by atomic mass is 79.9. The molecule has 108 valence electrons. The van der Waals surface area contributed by atoms with Crippen molar-refractivity contribution in [1.82, 2.24) is 9.88 Å². The van der Waals surface area contributed by atoms with E-state index in [1.165, 1.54) is 18.4 Å². The maximum atomic E-state index is 12.1. The molecule has 7 heteroatoms. The number of nitrogens with zero attached hydrogens (tertiary/aromatic N) is 2. The molecule has 0 unspecified atom stereocenters. The van der Waals surface area contributed by atoms with Crippen LogP contribution in [0.3, 0.4) is 0 Å². The summed E-state index contributed by atoms with van der Waals surface area (Å²) in [5.41, 5.74) is -0.122. The largest absolute Gasteiger partial charge is 0.470 e. The fourth-order valence-electron chi connectivity index (χ4n) is 1.96. The Hall–Kier alpha value is -2.15. The van der Waals surface area contributed by atoms with Gasteiger partial charge in [0.05, 0.1) is 23.1 Å². The zero-order valence-corrected chi connectivity index (χ0v) is 12.4. The zero-order chi connectivity index (χ0) is 14.8. The van der Waals surface area contributed by atoms with E-state index in [1.807, 2.05) is 6.07 Å². The number of likely N-dealkylation sites (tertiary alicyclic amines) is 1. The third kappa shape index (κ3) is 2.97. The summed E-state index contributed by atoms with van der Waals surface area (Å²) in [6.45, 7) is 0.946. The van der Waals surface area contributed by atoms with Crippen LogP contribution in [0.4, 0.5) is 0 Å². The molecule has 2 aromatic heterocycles. The van der Waals surface area contributed by atoms with Crippen molar-refractivity contribution >= 4 is 21.8 Å². The second-order valence-corrected chi connectivity index (χ2v) is 5.44. The molecule has 1 fully saturated rings. The van der Waals surface area contributed by atoms with Gasteiger partial charge in [-0.05, 0) is 34.1 Å². The van der Waals surface area contributed by atoms with Crippen molar-refractivity contribution < 1.29 is 13.9 Å². The second-order valence-electron chi connectivity index (χ2n) is 4.58. The predicted molar refractivity (Wildman–Crippen MR) is 77.2 cm³/mol. The van der Waals surface area contributed by atoms with Crippen molar-refractivity contribution in [3.63, 3.8) is 0 Å². The molecule has 0 aromatic carbocycles. The zero-order valence-electron chi connectivity index (χ0n) is 10.9. The number of halogens is 1. The molecule has 0 spiro atoms. The first-order valence-corrected chi connectivity index (χ1v) is 7.08. The summed E-state index contributed by atoms with van der Waals surface area (Å²) in [5.74, 6) is 0.332. The third-order valence-corrected chi connectivity index (χ3v) is 3.69. The van der Waals surface area contributed by atoms with Gasteiger partial charge < -0.3 is 14.1 Å². The van der Waals surface area contributed by atoms with Gasteiger partial charge in [-0.2, -0.15) is 0 Å². The van der Waals surface area contributed by atoms with Gasteiger partial charge in [0.25, 0.3) is 5.91 Å². The topological polar surface area (TPSA) is 72.6 Å².